The van der Waals surface area contributed by atoms with E-state index in [4.69, 9.17) is 19.9 Å². The van der Waals surface area contributed by atoms with Crippen molar-refractivity contribution in [3.05, 3.63) is 11.9 Å². The predicted molar refractivity (Wildman–Crippen MR) is 66.9 cm³/mol. The van der Waals surface area contributed by atoms with Crippen molar-refractivity contribution in [3.8, 4) is 0 Å². The first-order valence-electron chi connectivity index (χ1n) is 6.15. The van der Waals surface area contributed by atoms with E-state index in [1.165, 1.54) is 0 Å². The van der Waals surface area contributed by atoms with E-state index in [1.807, 2.05) is 0 Å². The summed E-state index contributed by atoms with van der Waals surface area (Å²) < 4.78 is 17.3. The van der Waals surface area contributed by atoms with Crippen molar-refractivity contribution in [2.45, 2.75) is 6.54 Å². The van der Waals surface area contributed by atoms with Gasteiger partial charge in [0.1, 0.15) is 5.69 Å². The van der Waals surface area contributed by atoms with Crippen LogP contribution in [0.4, 0.5) is 0 Å². The van der Waals surface area contributed by atoms with Crippen molar-refractivity contribution in [1.82, 2.24) is 15.0 Å². The molecule has 19 heavy (non-hydrogen) atoms. The largest absolute Gasteiger partial charge is 0.378 e. The number of hydrogen-bond acceptors (Lipinski definition) is 7. The minimum absolute atomic E-state index is 0.320. The molecule has 2 N–H and O–H groups in total. The van der Waals surface area contributed by atoms with Crippen LogP contribution in [0.25, 0.3) is 0 Å². The molecule has 0 aliphatic heterocycles. The molecule has 8 nitrogen and oxygen atoms in total. The van der Waals surface area contributed by atoms with E-state index in [0.717, 1.165) is 0 Å². The first-order chi connectivity index (χ1) is 9.36. The molecule has 108 valence electrons. The molecule has 8 heteroatoms. The first-order valence-corrected chi connectivity index (χ1v) is 6.15. The van der Waals surface area contributed by atoms with E-state index in [1.54, 1.807) is 10.9 Å². The highest BCUT2D eigenvalue weighted by Gasteiger charge is 1.98. The molecule has 0 radical (unpaired) electrons. The Balaban J connectivity index is 1.87. The van der Waals surface area contributed by atoms with Crippen LogP contribution in [0.3, 0.4) is 0 Å². The van der Waals surface area contributed by atoms with Crippen molar-refractivity contribution in [2.24, 2.45) is 5.73 Å². The topological polar surface area (TPSA) is 101 Å². The monoisotopic (exact) mass is 272 g/mol. The normalized spacial score (nSPS) is 10.8. The minimum Gasteiger partial charge on any atom is -0.378 e. The van der Waals surface area contributed by atoms with Crippen LogP contribution in [-0.4, -0.2) is 67.5 Å². The van der Waals surface area contributed by atoms with Gasteiger partial charge in [-0.1, -0.05) is 5.21 Å². The Morgan fingerprint density at radius 2 is 1.74 bits per heavy atom. The molecule has 1 heterocycles. The average molecular weight is 272 g/mol. The molecule has 0 aliphatic carbocycles. The number of hydrogen-bond donors (Lipinski definition) is 1. The van der Waals surface area contributed by atoms with Gasteiger partial charge >= 0.3 is 0 Å². The summed E-state index contributed by atoms with van der Waals surface area (Å²) in [7, 11) is 0. The van der Waals surface area contributed by atoms with E-state index in [9.17, 15) is 4.79 Å². The predicted octanol–water partition coefficient (Wildman–Crippen LogP) is -0.901. The Hall–Kier alpha value is -1.35. The molecule has 1 aromatic rings. The fourth-order valence-electron chi connectivity index (χ4n) is 1.26. The van der Waals surface area contributed by atoms with Gasteiger partial charge in [-0.15, -0.1) is 5.10 Å². The number of nitrogens with two attached hydrogens (primary N) is 1. The van der Waals surface area contributed by atoms with Gasteiger partial charge in [-0.25, -0.2) is 4.68 Å². The third-order valence-corrected chi connectivity index (χ3v) is 2.15. The van der Waals surface area contributed by atoms with Crippen molar-refractivity contribution >= 4 is 6.29 Å². The summed E-state index contributed by atoms with van der Waals surface area (Å²) in [4.78, 5) is 10.4. The highest BCUT2D eigenvalue weighted by molar-refractivity contribution is 5.70. The van der Waals surface area contributed by atoms with E-state index < -0.39 is 0 Å². The molecule has 0 spiro atoms. The second kappa shape index (κ2) is 10.6. The Morgan fingerprint density at radius 1 is 1.11 bits per heavy atom. The van der Waals surface area contributed by atoms with E-state index >= 15 is 0 Å². The highest BCUT2D eigenvalue weighted by Crippen LogP contribution is 1.89. The molecule has 0 aliphatic rings. The lowest BCUT2D eigenvalue weighted by molar-refractivity contribution is 0.0141. The summed E-state index contributed by atoms with van der Waals surface area (Å²) in [6.07, 6.45) is 2.23. The summed E-state index contributed by atoms with van der Waals surface area (Å²) in [5, 5.41) is 7.40. The maximum absolute atomic E-state index is 10.4. The number of carbonyl (C=O) groups is 1. The molecule has 0 bridgehead atoms. The fraction of sp³-hybridized carbons (Fsp3) is 0.727. The summed E-state index contributed by atoms with van der Waals surface area (Å²) in [5.41, 5.74) is 5.59. The van der Waals surface area contributed by atoms with Crippen LogP contribution < -0.4 is 5.73 Å². The van der Waals surface area contributed by atoms with Crippen molar-refractivity contribution in [3.63, 3.8) is 0 Å². The van der Waals surface area contributed by atoms with Crippen molar-refractivity contribution in [2.75, 3.05) is 46.2 Å². The van der Waals surface area contributed by atoms with Crippen LogP contribution in [0.15, 0.2) is 6.20 Å². The van der Waals surface area contributed by atoms with Gasteiger partial charge in [-0.05, 0) is 0 Å². The Kier molecular flexibility index (Phi) is 8.73. The quantitative estimate of drug-likeness (QED) is 0.388. The number of carbonyl (C=O) groups excluding carboxylic acids is 1. The lowest BCUT2D eigenvalue weighted by Gasteiger charge is -2.06. The summed E-state index contributed by atoms with van der Waals surface area (Å²) >= 11 is 0. The maximum Gasteiger partial charge on any atom is 0.171 e. The number of ether oxygens (including phenoxy) is 3. The second-order valence-electron chi connectivity index (χ2n) is 3.65. The molecular formula is C11H20N4O4. The van der Waals surface area contributed by atoms with Crippen LogP contribution in [0.1, 0.15) is 10.5 Å². The molecule has 0 fully saturated rings. The Labute approximate surface area is 111 Å². The number of aromatic nitrogens is 3. The van der Waals surface area contributed by atoms with Crippen molar-refractivity contribution < 1.29 is 19.0 Å². The van der Waals surface area contributed by atoms with Gasteiger partial charge in [0.15, 0.2) is 6.29 Å². The zero-order valence-corrected chi connectivity index (χ0v) is 10.9. The van der Waals surface area contributed by atoms with Crippen LogP contribution in [0, 0.1) is 0 Å². The van der Waals surface area contributed by atoms with Gasteiger partial charge in [-0.2, -0.15) is 0 Å². The SMILES string of the molecule is NCCOCCOCCOCCn1cc(C=O)nn1. The summed E-state index contributed by atoms with van der Waals surface area (Å²) in [6.45, 7) is 4.24. The molecule has 0 atom stereocenters. The third kappa shape index (κ3) is 7.62. The van der Waals surface area contributed by atoms with Gasteiger partial charge in [-0.3, -0.25) is 4.79 Å². The summed E-state index contributed by atoms with van der Waals surface area (Å²) in [6, 6.07) is 0. The number of nitrogens with zero attached hydrogens (tertiary/aromatic N) is 3. The molecule has 0 amide bonds. The van der Waals surface area contributed by atoms with Crippen molar-refractivity contribution in [1.29, 1.82) is 0 Å². The first kappa shape index (κ1) is 15.7. The molecule has 0 saturated heterocycles. The van der Waals surface area contributed by atoms with Crippen LogP contribution in [-0.2, 0) is 20.8 Å². The highest BCUT2D eigenvalue weighted by atomic mass is 16.5. The van der Waals surface area contributed by atoms with Gasteiger partial charge in [0.25, 0.3) is 0 Å². The number of rotatable bonds is 12. The van der Waals surface area contributed by atoms with Crippen LogP contribution in [0.2, 0.25) is 0 Å². The van der Waals surface area contributed by atoms with Gasteiger partial charge < -0.3 is 19.9 Å². The smallest absolute Gasteiger partial charge is 0.171 e. The van der Waals surface area contributed by atoms with E-state index in [-0.39, 0.29) is 0 Å². The van der Waals surface area contributed by atoms with Gasteiger partial charge in [0.05, 0.1) is 52.4 Å². The standard InChI is InChI=1S/C11H20N4O4/c12-1-3-17-5-7-19-8-6-18-4-2-15-9-11(10-16)13-14-15/h9-10H,1-8,12H2. The fourth-order valence-corrected chi connectivity index (χ4v) is 1.26. The molecule has 0 saturated carbocycles. The minimum atomic E-state index is 0.320. The molecule has 0 aromatic carbocycles. The van der Waals surface area contributed by atoms with E-state index in [0.29, 0.717) is 64.7 Å². The Morgan fingerprint density at radius 3 is 2.32 bits per heavy atom. The van der Waals surface area contributed by atoms with Gasteiger partial charge in [0, 0.05) is 6.54 Å². The Bertz CT molecular complexity index is 345. The maximum atomic E-state index is 10.4. The lowest BCUT2D eigenvalue weighted by Crippen LogP contribution is -2.14. The zero-order valence-electron chi connectivity index (χ0n) is 10.9. The zero-order chi connectivity index (χ0) is 13.8. The van der Waals surface area contributed by atoms with E-state index in [2.05, 4.69) is 10.3 Å². The average Bonchev–Trinajstić information content (AvgIpc) is 2.89. The second-order valence-corrected chi connectivity index (χ2v) is 3.65. The molecule has 1 aromatic heterocycles. The third-order valence-electron chi connectivity index (χ3n) is 2.15. The summed E-state index contributed by atoms with van der Waals surface area (Å²) in [5.74, 6) is 0. The molecule has 1 rings (SSSR count). The molecular weight excluding hydrogens is 252 g/mol. The number of aldehydes is 1. The lowest BCUT2D eigenvalue weighted by atomic mass is 10.5. The molecule has 0 unspecified atom stereocenters. The van der Waals surface area contributed by atoms with Crippen LogP contribution >= 0.6 is 0 Å². The van der Waals surface area contributed by atoms with Crippen LogP contribution in [0.5, 0.6) is 0 Å². The van der Waals surface area contributed by atoms with Gasteiger partial charge in [0.2, 0.25) is 0 Å².